The van der Waals surface area contributed by atoms with Crippen LogP contribution >= 0.6 is 0 Å². The number of hydrogen-bond acceptors (Lipinski definition) is 5. The third kappa shape index (κ3) is 5.34. The highest BCUT2D eigenvalue weighted by atomic mass is 16.5. The van der Waals surface area contributed by atoms with Crippen molar-refractivity contribution < 1.29 is 14.3 Å². The van der Waals surface area contributed by atoms with E-state index in [0.29, 0.717) is 12.2 Å². The van der Waals surface area contributed by atoms with Gasteiger partial charge in [0.05, 0.1) is 0 Å². The number of aromatic nitrogens is 1. The zero-order valence-corrected chi connectivity index (χ0v) is 13.1. The highest BCUT2D eigenvalue weighted by molar-refractivity contribution is 5.89. The first-order chi connectivity index (χ1) is 11.2. The van der Waals surface area contributed by atoms with Gasteiger partial charge in [0.1, 0.15) is 18.7 Å². The normalized spacial score (nSPS) is 11.9. The fourth-order valence-corrected chi connectivity index (χ4v) is 2.23. The Bertz CT molecular complexity index is 660. The van der Waals surface area contributed by atoms with Gasteiger partial charge in [-0.3, -0.25) is 5.32 Å². The van der Waals surface area contributed by atoms with Crippen molar-refractivity contribution in [3.8, 4) is 0 Å². The molecule has 0 aliphatic rings. The first-order valence-electron chi connectivity index (χ1n) is 7.62. The summed E-state index contributed by atoms with van der Waals surface area (Å²) in [5, 5.41) is 7.70. The van der Waals surface area contributed by atoms with Crippen LogP contribution in [0.3, 0.4) is 0 Å². The molecule has 1 atom stereocenters. The maximum absolute atomic E-state index is 11.8. The molecule has 0 fully saturated rings. The average Bonchev–Trinajstić information content (AvgIpc) is 2.58. The maximum Gasteiger partial charge on any atom is 0.412 e. The van der Waals surface area contributed by atoms with Gasteiger partial charge in [0, 0.05) is 24.0 Å². The number of anilines is 1. The largest absolute Gasteiger partial charge is 0.448 e. The van der Waals surface area contributed by atoms with E-state index in [-0.39, 0.29) is 12.6 Å². The molecule has 0 aliphatic heterocycles. The van der Waals surface area contributed by atoms with E-state index in [2.05, 4.69) is 15.6 Å². The van der Waals surface area contributed by atoms with E-state index in [0.717, 1.165) is 29.9 Å². The van der Waals surface area contributed by atoms with Gasteiger partial charge in [0.2, 0.25) is 0 Å². The summed E-state index contributed by atoms with van der Waals surface area (Å²) in [6, 6.07) is 9.62. The lowest BCUT2D eigenvalue weighted by Crippen LogP contribution is -2.32. The Hall–Kier alpha value is -2.47. The molecule has 122 valence electrons. The summed E-state index contributed by atoms with van der Waals surface area (Å²) in [5.74, 6) is 0.454. The minimum atomic E-state index is -0.539. The van der Waals surface area contributed by atoms with Crippen LogP contribution in [-0.4, -0.2) is 37.1 Å². The monoisotopic (exact) mass is 315 g/mol. The smallest absolute Gasteiger partial charge is 0.412 e. The fraction of sp³-hybridized carbons (Fsp3) is 0.353. The zero-order chi connectivity index (χ0) is 16.5. The second-order valence-electron chi connectivity index (χ2n) is 5.22. The molecule has 23 heavy (non-hydrogen) atoms. The standard InChI is InChI=1S/C17H21N3O3/c1-18-15(8-4-5-9-21)12-23-17(22)20-16-10-13-6-2-3-7-14(13)11-19-16/h2-3,6-7,9-11,15,18H,4-5,8,12H2,1H3,(H,19,20,22)/t15-/m0/s1. The molecule has 6 heteroatoms. The average molecular weight is 315 g/mol. The van der Waals surface area contributed by atoms with Gasteiger partial charge in [-0.25, -0.2) is 9.78 Å². The number of ether oxygens (including phenoxy) is 1. The van der Waals surface area contributed by atoms with Crippen molar-refractivity contribution in [3.63, 3.8) is 0 Å². The predicted octanol–water partition coefficient (Wildman–Crippen LogP) is 2.74. The van der Waals surface area contributed by atoms with Crippen molar-refractivity contribution in [2.75, 3.05) is 19.0 Å². The second-order valence-corrected chi connectivity index (χ2v) is 5.22. The Kier molecular flexibility index (Phi) is 6.50. The molecule has 0 spiro atoms. The zero-order valence-electron chi connectivity index (χ0n) is 13.1. The Balaban J connectivity index is 1.84. The van der Waals surface area contributed by atoms with Crippen molar-refractivity contribution >= 4 is 29.0 Å². The number of amides is 1. The Labute approximate surface area is 135 Å². The number of hydrogen-bond donors (Lipinski definition) is 2. The minimum absolute atomic E-state index is 0.0327. The van der Waals surface area contributed by atoms with Gasteiger partial charge in [0.15, 0.2) is 0 Å². The number of aldehydes is 1. The maximum atomic E-state index is 11.8. The summed E-state index contributed by atoms with van der Waals surface area (Å²) in [4.78, 5) is 26.3. The van der Waals surface area contributed by atoms with Gasteiger partial charge < -0.3 is 14.8 Å². The molecule has 1 aromatic carbocycles. The van der Waals surface area contributed by atoms with Crippen LogP contribution in [0.4, 0.5) is 10.6 Å². The number of rotatable bonds is 8. The number of nitrogens with zero attached hydrogens (tertiary/aromatic N) is 1. The molecule has 1 heterocycles. The highest BCUT2D eigenvalue weighted by Gasteiger charge is 2.10. The molecule has 0 bridgehead atoms. The predicted molar refractivity (Wildman–Crippen MR) is 89.5 cm³/mol. The number of unbranched alkanes of at least 4 members (excludes halogenated alkanes) is 1. The molecule has 2 N–H and O–H groups in total. The van der Waals surface area contributed by atoms with E-state index < -0.39 is 6.09 Å². The molecule has 0 saturated carbocycles. The van der Waals surface area contributed by atoms with E-state index in [4.69, 9.17) is 4.74 Å². The number of nitrogens with one attached hydrogen (secondary N) is 2. The molecule has 0 aliphatic carbocycles. The Morgan fingerprint density at radius 2 is 2.13 bits per heavy atom. The first-order valence-corrected chi connectivity index (χ1v) is 7.62. The van der Waals surface area contributed by atoms with Crippen molar-refractivity contribution in [2.24, 2.45) is 0 Å². The molecule has 0 saturated heterocycles. The van der Waals surface area contributed by atoms with Crippen molar-refractivity contribution in [1.29, 1.82) is 0 Å². The van der Waals surface area contributed by atoms with Gasteiger partial charge in [0.25, 0.3) is 0 Å². The molecule has 0 radical (unpaired) electrons. The van der Waals surface area contributed by atoms with Crippen LogP contribution in [0.15, 0.2) is 36.5 Å². The highest BCUT2D eigenvalue weighted by Crippen LogP contribution is 2.16. The summed E-state index contributed by atoms with van der Waals surface area (Å²) in [6.45, 7) is 0.245. The first kappa shape index (κ1) is 16.9. The Morgan fingerprint density at radius 1 is 1.35 bits per heavy atom. The molecule has 1 amide bonds. The van der Waals surface area contributed by atoms with Crippen LogP contribution in [0.1, 0.15) is 19.3 Å². The van der Waals surface area contributed by atoms with Crippen molar-refractivity contribution in [3.05, 3.63) is 36.5 Å². The van der Waals surface area contributed by atoms with Crippen LogP contribution in [-0.2, 0) is 9.53 Å². The molecule has 2 rings (SSSR count). The van der Waals surface area contributed by atoms with Crippen LogP contribution in [0.2, 0.25) is 0 Å². The number of carbonyl (C=O) groups excluding carboxylic acids is 2. The van der Waals surface area contributed by atoms with Crippen molar-refractivity contribution in [1.82, 2.24) is 10.3 Å². The van der Waals surface area contributed by atoms with Crippen LogP contribution in [0, 0.1) is 0 Å². The quantitative estimate of drug-likeness (QED) is 0.578. The van der Waals surface area contributed by atoms with Gasteiger partial charge in [-0.2, -0.15) is 0 Å². The number of carbonyl (C=O) groups is 2. The van der Waals surface area contributed by atoms with Crippen LogP contribution < -0.4 is 10.6 Å². The Morgan fingerprint density at radius 3 is 2.87 bits per heavy atom. The van der Waals surface area contributed by atoms with E-state index in [1.165, 1.54) is 0 Å². The minimum Gasteiger partial charge on any atom is -0.448 e. The van der Waals surface area contributed by atoms with E-state index in [9.17, 15) is 9.59 Å². The fourth-order valence-electron chi connectivity index (χ4n) is 2.23. The van der Waals surface area contributed by atoms with Gasteiger partial charge in [-0.15, -0.1) is 0 Å². The second kappa shape index (κ2) is 8.85. The molecule has 6 nitrogen and oxygen atoms in total. The summed E-state index contributed by atoms with van der Waals surface area (Å²) in [7, 11) is 1.80. The third-order valence-corrected chi connectivity index (χ3v) is 3.56. The summed E-state index contributed by atoms with van der Waals surface area (Å²) >= 11 is 0. The van der Waals surface area contributed by atoms with Crippen LogP contribution in [0.5, 0.6) is 0 Å². The van der Waals surface area contributed by atoms with Crippen LogP contribution in [0.25, 0.3) is 10.8 Å². The van der Waals surface area contributed by atoms with Gasteiger partial charge in [-0.1, -0.05) is 24.3 Å². The van der Waals surface area contributed by atoms with E-state index in [1.54, 1.807) is 19.3 Å². The number of fused-ring (bicyclic) bond motifs is 1. The molecule has 0 unspecified atom stereocenters. The summed E-state index contributed by atoms with van der Waals surface area (Å²) in [6.07, 6.45) is 4.13. The molecular weight excluding hydrogens is 294 g/mol. The molecule has 1 aromatic heterocycles. The molecule has 2 aromatic rings. The lowest BCUT2D eigenvalue weighted by Gasteiger charge is -2.15. The van der Waals surface area contributed by atoms with Gasteiger partial charge >= 0.3 is 6.09 Å². The van der Waals surface area contributed by atoms with E-state index in [1.807, 2.05) is 24.3 Å². The number of pyridine rings is 1. The molecular formula is C17H21N3O3. The van der Waals surface area contributed by atoms with E-state index >= 15 is 0 Å². The lowest BCUT2D eigenvalue weighted by molar-refractivity contribution is -0.108. The number of benzene rings is 1. The number of likely N-dealkylation sites (N-methyl/N-ethyl adjacent to an activating group) is 1. The topological polar surface area (TPSA) is 80.3 Å². The summed E-state index contributed by atoms with van der Waals surface area (Å²) in [5.41, 5.74) is 0. The lowest BCUT2D eigenvalue weighted by atomic mass is 10.1. The summed E-state index contributed by atoms with van der Waals surface area (Å²) < 4.78 is 5.20. The van der Waals surface area contributed by atoms with Gasteiger partial charge in [-0.05, 0) is 31.3 Å². The SMILES string of the molecule is CN[C@@H](CCCC=O)COC(=O)Nc1cc2ccccc2cn1. The third-order valence-electron chi connectivity index (χ3n) is 3.56. The van der Waals surface area contributed by atoms with Crippen molar-refractivity contribution in [2.45, 2.75) is 25.3 Å².